The predicted molar refractivity (Wildman–Crippen MR) is 546 cm³/mol. The number of anilines is 4. The standard InChI is InChI=1S/C24H28N2O.C20H24O3.C18H21BrO.C18H24O2.C18H22O2.C6H8N2.Al.Br3P.Li.Mn.2O.4H/c25-22-12-7-8-13-23(22)26-17-9-3-1-2-4-14-24(27)21-16-15-19-10-5-6-11-20(19)18-21;1-2-23-20(22)12-6-4-3-5-11-19(21)18-14-13-16-9-7-8-10-17(16)15-18;3*19-13-7-3-1-2-4-10-18(20)17-12-11-15-8-5-6-9-16(15)14-17;7-5-3-1-2-4-6(5)8;;1-4(2)3;;;;;;;;/h5-8,10-13,15-16,18,26H,1-4,9,14,17,25H2;7-10,13-15H,2-6,11-12H2,1H3;5-6,8-9,11-12,14H,1-4,7,10,13H2;5-6,8-9,11-12,14,18-20H,1-4,7,10,13H2;5-6,8-9,11-12,14,19H,1-4,7,10,13H2;1-4H,7-8H2;;;;;;;;;;/q;;;;;;;;+1;;;;;;;-1. The molecule has 0 aromatic heterocycles. The van der Waals surface area contributed by atoms with Crippen molar-refractivity contribution in [2.45, 2.75) is 206 Å². The normalized spacial score (nSPS) is 10.6. The van der Waals surface area contributed by atoms with Gasteiger partial charge in [0, 0.05) is 79.4 Å². The van der Waals surface area contributed by atoms with Gasteiger partial charge in [-0.3, -0.25) is 24.0 Å². The molecule has 0 saturated heterocycles. The number of aliphatic hydroxyl groups is 3. The zero-order valence-electron chi connectivity index (χ0n) is 74.3. The van der Waals surface area contributed by atoms with Crippen molar-refractivity contribution in [1.82, 2.24) is 0 Å². The van der Waals surface area contributed by atoms with Gasteiger partial charge in [-0.25, -0.2) is 0 Å². The van der Waals surface area contributed by atoms with Gasteiger partial charge in [-0.1, -0.05) is 318 Å². The first-order valence-electron chi connectivity index (χ1n) is 43.9. The van der Waals surface area contributed by atoms with Crippen molar-refractivity contribution < 1.29 is 86.8 Å². The number of alkyl halides is 1. The van der Waals surface area contributed by atoms with Crippen molar-refractivity contribution in [2.75, 3.05) is 54.2 Å². The van der Waals surface area contributed by atoms with E-state index in [1.165, 1.54) is 52.6 Å². The van der Waals surface area contributed by atoms with Gasteiger partial charge in [0.15, 0.2) is 40.5 Å². The quantitative estimate of drug-likeness (QED) is 0.00356. The second-order valence-electron chi connectivity index (χ2n) is 30.4. The van der Waals surface area contributed by atoms with E-state index in [9.17, 15) is 29.1 Å². The Morgan fingerprint density at radius 1 is 0.370 bits per heavy atom. The summed E-state index contributed by atoms with van der Waals surface area (Å²) >= 11 is 11.5. The van der Waals surface area contributed by atoms with E-state index in [2.05, 4.69) is 122 Å². The second-order valence-corrected chi connectivity index (χ2v) is 46.7. The number of carbonyl (C=O) groups is 5. The van der Waals surface area contributed by atoms with E-state index in [-0.39, 0.29) is 83.5 Å². The van der Waals surface area contributed by atoms with Crippen molar-refractivity contribution in [3.8, 4) is 0 Å². The third-order valence-corrected chi connectivity index (χ3v) is 21.4. The Kier molecular flexibility index (Phi) is 64.2. The van der Waals surface area contributed by atoms with Crippen LogP contribution in [0.15, 0.2) is 261 Å². The average molecular weight is 2050 g/mol. The second kappa shape index (κ2) is 71.5. The number of nitrogen functional groups attached to an aromatic ring is 3. The Morgan fingerprint density at radius 3 is 0.961 bits per heavy atom. The molecular formula is C104H131AlBr4LiMnN4O11P. The molecule has 1 atom stereocenters. The maximum absolute atomic E-state index is 12.4. The summed E-state index contributed by atoms with van der Waals surface area (Å²) < 4.78 is 21.5. The van der Waals surface area contributed by atoms with Crippen LogP contribution in [0.5, 0.6) is 0 Å². The summed E-state index contributed by atoms with van der Waals surface area (Å²) in [5, 5.41) is 43.7. The van der Waals surface area contributed by atoms with Crippen molar-refractivity contribution in [3.63, 3.8) is 0 Å². The van der Waals surface area contributed by atoms with E-state index in [0.717, 1.165) is 213 Å². The van der Waals surface area contributed by atoms with Crippen molar-refractivity contribution in [3.05, 3.63) is 289 Å². The number of nitrogens with one attached hydrogen (secondary N) is 1. The van der Waals surface area contributed by atoms with Gasteiger partial charge in [-0.15, -0.1) is 0 Å². The summed E-state index contributed by atoms with van der Waals surface area (Å²) in [7, 11) is 0. The van der Waals surface area contributed by atoms with Crippen LogP contribution < -0.4 is 41.4 Å². The number of benzene rings is 12. The number of esters is 1. The minimum absolute atomic E-state index is 0. The fourth-order valence-electron chi connectivity index (χ4n) is 13.9. The molecule has 127 heavy (non-hydrogen) atoms. The van der Waals surface area contributed by atoms with Crippen LogP contribution in [-0.2, 0) is 32.0 Å². The number of unbranched alkanes of at least 4 members (excludes halogenated alkanes) is 19. The average Bonchev–Trinajstić information content (AvgIpc) is 0.856. The molecule has 23 heteroatoms. The number of rotatable bonds is 43. The van der Waals surface area contributed by atoms with Crippen LogP contribution in [0.4, 0.5) is 22.7 Å². The van der Waals surface area contributed by atoms with Gasteiger partial charge in [-0.2, -0.15) is 0 Å². The zero-order chi connectivity index (χ0) is 90.3. The topological polar surface area (TPSA) is 279 Å². The first-order valence-corrected chi connectivity index (χ1v) is 53.3. The van der Waals surface area contributed by atoms with Gasteiger partial charge in [0.2, 0.25) is 0 Å². The number of hydrogen-bond acceptors (Lipinski definition) is 15. The van der Waals surface area contributed by atoms with Crippen LogP contribution in [0, 0.1) is 0 Å². The molecule has 12 rings (SSSR count). The molecule has 0 aliphatic rings. The fraction of sp³-hybridized carbons (Fsp3) is 0.356. The van der Waals surface area contributed by atoms with Crippen LogP contribution in [0.3, 0.4) is 0 Å². The summed E-state index contributed by atoms with van der Waals surface area (Å²) in [6.07, 6.45) is 28.8. The van der Waals surface area contributed by atoms with Crippen LogP contribution in [-0.4, -0.2) is 93.5 Å². The van der Waals surface area contributed by atoms with Crippen LogP contribution >= 0.6 is 66.4 Å². The molecule has 12 aromatic rings. The summed E-state index contributed by atoms with van der Waals surface area (Å²) in [5.41, 5.74) is 24.1. The molecule has 0 amide bonds. The number of carbonyl (C=O) groups excluding carboxylic acids is 5. The first kappa shape index (κ1) is 114. The number of halogens is 4. The number of ether oxygens (including phenoxy) is 1. The molecule has 0 fully saturated rings. The summed E-state index contributed by atoms with van der Waals surface area (Å²) in [6, 6.07) is 85.9. The van der Waals surface area contributed by atoms with Gasteiger partial charge in [0.05, 0.1) is 35.5 Å². The fourth-order valence-corrected chi connectivity index (χ4v) is 14.3. The van der Waals surface area contributed by atoms with Gasteiger partial charge in [0.25, 0.3) is 0 Å². The Balaban J connectivity index is 0.000000519. The molecule has 677 valence electrons. The first-order chi connectivity index (χ1) is 60.8. The molecule has 10 N–H and O–H groups in total. The Labute approximate surface area is 817 Å². The number of fused-ring (bicyclic) bond motifs is 5. The van der Waals surface area contributed by atoms with Gasteiger partial charge in [0.1, 0.15) is 4.03 Å². The SMILES string of the molecule is BrP(Br)Br.CCOC(=O)CCCCCCC(=O)c1ccc2ccccc2c1.Nc1ccccc1N.Nc1ccccc1NCCCCCCCC(=O)c1ccc2ccccc2c1.O=C(CCCCCCCBr)c1ccc2ccccc2c1.O=C(CCCCCCCO)c1ccc2ccccc2c1.OCCCCCCCC(O)c1ccc2ccccc2c1.[AlH3].[H-].[Li+].[O]=[Mn]=[O]. The maximum atomic E-state index is 12.4. The Bertz CT molecular complexity index is 5030. The number of para-hydroxylation sites is 4. The molecule has 0 radical (unpaired) electrons. The van der Waals surface area contributed by atoms with E-state index in [1.54, 1.807) is 12.1 Å². The molecule has 0 spiro atoms. The van der Waals surface area contributed by atoms with Crippen molar-refractivity contribution >= 4 is 190 Å². The van der Waals surface area contributed by atoms with Crippen molar-refractivity contribution in [2.24, 2.45) is 0 Å². The Morgan fingerprint density at radius 2 is 0.638 bits per heavy atom. The number of aliphatic hydroxyl groups excluding tert-OH is 3. The van der Waals surface area contributed by atoms with Gasteiger partial charge < -0.3 is 44.0 Å². The molecule has 0 saturated carbocycles. The van der Waals surface area contributed by atoms with Gasteiger partial charge >= 0.3 is 47.3 Å². The van der Waals surface area contributed by atoms with Crippen molar-refractivity contribution in [1.29, 1.82) is 0 Å². The summed E-state index contributed by atoms with van der Waals surface area (Å²) in [4.78, 5) is 60.1. The summed E-state index contributed by atoms with van der Waals surface area (Å²) in [6.45, 7) is 3.76. The molecule has 0 heterocycles. The summed E-state index contributed by atoms with van der Waals surface area (Å²) in [5.74, 6) is 0.831. The third-order valence-electron chi connectivity index (χ3n) is 20.9. The molecule has 0 bridgehead atoms. The zero-order valence-corrected chi connectivity index (χ0v) is 81.7. The molecule has 1 unspecified atom stereocenters. The van der Waals surface area contributed by atoms with E-state index in [0.29, 0.717) is 56.7 Å². The predicted octanol–water partition coefficient (Wildman–Crippen LogP) is 25.2. The van der Waals surface area contributed by atoms with Crippen LogP contribution in [0.2, 0.25) is 0 Å². The minimum atomic E-state index is -1.44. The van der Waals surface area contributed by atoms with E-state index in [4.69, 9.17) is 39.8 Å². The molecular weight excluding hydrogens is 1920 g/mol. The van der Waals surface area contributed by atoms with E-state index in [1.807, 2.05) is 201 Å². The van der Waals surface area contributed by atoms with Crippen LogP contribution in [0.1, 0.15) is 254 Å². The Hall–Kier alpha value is -7.23. The molecule has 12 aromatic carbocycles. The van der Waals surface area contributed by atoms with E-state index < -0.39 is 14.8 Å². The monoisotopic (exact) mass is 2050 g/mol. The molecule has 0 aliphatic carbocycles. The number of nitrogens with two attached hydrogens (primary N) is 3. The van der Waals surface area contributed by atoms with Crippen LogP contribution in [0.25, 0.3) is 53.9 Å². The number of ketones is 4. The van der Waals surface area contributed by atoms with Gasteiger partial charge in [-0.05, 0) is 232 Å². The molecule has 15 nitrogen and oxygen atoms in total. The number of Topliss-reactive ketones (excluding diaryl/α,β-unsaturated/α-hetero) is 4. The van der Waals surface area contributed by atoms with E-state index >= 15 is 0 Å². The molecule has 0 aliphatic heterocycles. The third kappa shape index (κ3) is 49.0. The number of hydrogen-bond donors (Lipinski definition) is 7.